The van der Waals surface area contributed by atoms with Crippen LogP contribution in [0, 0.1) is 6.92 Å². The Bertz CT molecular complexity index is 834. The number of sulfonamides is 1. The highest BCUT2D eigenvalue weighted by Gasteiger charge is 2.33. The third-order valence-electron chi connectivity index (χ3n) is 4.52. The predicted octanol–water partition coefficient (Wildman–Crippen LogP) is 3.84. The number of rotatable bonds is 4. The summed E-state index contributed by atoms with van der Waals surface area (Å²) in [5.74, 6) is 1.00. The van der Waals surface area contributed by atoms with E-state index in [1.165, 1.54) is 6.07 Å². The third-order valence-corrected chi connectivity index (χ3v) is 6.79. The Labute approximate surface area is 148 Å². The van der Waals surface area contributed by atoms with Gasteiger partial charge in [-0.15, -0.1) is 0 Å². The van der Waals surface area contributed by atoms with Crippen molar-refractivity contribution in [3.8, 4) is 5.75 Å². The van der Waals surface area contributed by atoms with Crippen molar-refractivity contribution in [1.82, 2.24) is 4.31 Å². The van der Waals surface area contributed by atoms with Crippen LogP contribution in [0.25, 0.3) is 0 Å². The Morgan fingerprint density at radius 1 is 1.17 bits per heavy atom. The molecule has 1 unspecified atom stereocenters. The molecule has 1 saturated heterocycles. The fraction of sp³-hybridized carbons (Fsp3) is 0.333. The lowest BCUT2D eigenvalue weighted by Crippen LogP contribution is -2.28. The minimum Gasteiger partial charge on any atom is -0.497 e. The SMILES string of the molecule is COc1ccc(C2CCN(S(=O)(=O)c3ccc(C)c(Cl)c3)C2)cc1. The fourth-order valence-corrected chi connectivity index (χ4v) is 4.75. The highest BCUT2D eigenvalue weighted by Crippen LogP contribution is 2.32. The lowest BCUT2D eigenvalue weighted by Gasteiger charge is -2.17. The van der Waals surface area contributed by atoms with E-state index in [0.29, 0.717) is 18.1 Å². The molecule has 1 fully saturated rings. The number of ether oxygens (including phenoxy) is 1. The Morgan fingerprint density at radius 3 is 2.50 bits per heavy atom. The van der Waals surface area contributed by atoms with Gasteiger partial charge in [0.05, 0.1) is 12.0 Å². The first-order chi connectivity index (χ1) is 11.4. The summed E-state index contributed by atoms with van der Waals surface area (Å²) in [6.07, 6.45) is 0.811. The Balaban J connectivity index is 1.79. The maximum Gasteiger partial charge on any atom is 0.243 e. The van der Waals surface area contributed by atoms with E-state index in [9.17, 15) is 8.42 Å². The van der Waals surface area contributed by atoms with Gasteiger partial charge < -0.3 is 4.74 Å². The van der Waals surface area contributed by atoms with Gasteiger partial charge in [0.25, 0.3) is 0 Å². The van der Waals surface area contributed by atoms with Gasteiger partial charge in [-0.25, -0.2) is 8.42 Å². The quantitative estimate of drug-likeness (QED) is 0.827. The molecule has 6 heteroatoms. The maximum absolute atomic E-state index is 12.8. The molecule has 0 amide bonds. The normalized spacial score (nSPS) is 18.7. The van der Waals surface area contributed by atoms with E-state index < -0.39 is 10.0 Å². The van der Waals surface area contributed by atoms with Gasteiger partial charge in [0.15, 0.2) is 0 Å². The summed E-state index contributed by atoms with van der Waals surface area (Å²) in [6, 6.07) is 12.7. The standard InChI is InChI=1S/C18H20ClNO3S/c1-13-3-8-17(11-18(13)19)24(21,22)20-10-9-15(12-20)14-4-6-16(23-2)7-5-14/h3-8,11,15H,9-10,12H2,1-2H3. The molecule has 2 aromatic rings. The van der Waals surface area contributed by atoms with Gasteiger partial charge >= 0.3 is 0 Å². The van der Waals surface area contributed by atoms with Crippen LogP contribution in [0.5, 0.6) is 5.75 Å². The minimum atomic E-state index is -3.51. The third kappa shape index (κ3) is 3.29. The van der Waals surface area contributed by atoms with E-state index in [1.807, 2.05) is 31.2 Å². The average molecular weight is 366 g/mol. The number of halogens is 1. The second kappa shape index (κ2) is 6.75. The molecule has 0 spiro atoms. The van der Waals surface area contributed by atoms with E-state index in [4.69, 9.17) is 16.3 Å². The maximum atomic E-state index is 12.8. The Morgan fingerprint density at radius 2 is 1.88 bits per heavy atom. The molecule has 1 heterocycles. The lowest BCUT2D eigenvalue weighted by molar-refractivity contribution is 0.414. The van der Waals surface area contributed by atoms with Crippen LogP contribution >= 0.6 is 11.6 Å². The van der Waals surface area contributed by atoms with Gasteiger partial charge in [-0.2, -0.15) is 4.31 Å². The first kappa shape index (κ1) is 17.3. The highest BCUT2D eigenvalue weighted by atomic mass is 35.5. The van der Waals surface area contributed by atoms with Crippen LogP contribution in [0.3, 0.4) is 0 Å². The summed E-state index contributed by atoms with van der Waals surface area (Å²) >= 11 is 6.08. The van der Waals surface area contributed by atoms with Crippen LogP contribution in [-0.4, -0.2) is 32.9 Å². The Hall–Kier alpha value is -1.56. The van der Waals surface area contributed by atoms with Crippen molar-refractivity contribution in [2.45, 2.75) is 24.2 Å². The first-order valence-electron chi connectivity index (χ1n) is 7.82. The first-order valence-corrected chi connectivity index (χ1v) is 9.64. The second-order valence-electron chi connectivity index (χ2n) is 6.03. The zero-order valence-corrected chi connectivity index (χ0v) is 15.3. The van der Waals surface area contributed by atoms with E-state index in [-0.39, 0.29) is 10.8 Å². The molecule has 0 aliphatic carbocycles. The number of hydrogen-bond acceptors (Lipinski definition) is 3. The van der Waals surface area contributed by atoms with E-state index >= 15 is 0 Å². The molecule has 24 heavy (non-hydrogen) atoms. The number of methoxy groups -OCH3 is 1. The summed E-state index contributed by atoms with van der Waals surface area (Å²) in [5.41, 5.74) is 2.00. The number of benzene rings is 2. The summed E-state index contributed by atoms with van der Waals surface area (Å²) < 4.78 is 32.4. The number of nitrogens with zero attached hydrogens (tertiary/aromatic N) is 1. The molecule has 0 aromatic heterocycles. The molecule has 4 nitrogen and oxygen atoms in total. The van der Waals surface area contributed by atoms with Crippen LogP contribution in [0.15, 0.2) is 47.4 Å². The molecule has 1 aliphatic heterocycles. The Kier molecular flexibility index (Phi) is 4.85. The number of hydrogen-bond donors (Lipinski definition) is 0. The van der Waals surface area contributed by atoms with Gasteiger partial charge in [0.2, 0.25) is 10.0 Å². The van der Waals surface area contributed by atoms with Gasteiger partial charge in [-0.1, -0.05) is 29.8 Å². The second-order valence-corrected chi connectivity index (χ2v) is 8.38. The lowest BCUT2D eigenvalue weighted by atomic mass is 9.99. The van der Waals surface area contributed by atoms with Crippen LogP contribution < -0.4 is 4.74 Å². The molecule has 1 atom stereocenters. The molecule has 0 bridgehead atoms. The summed E-state index contributed by atoms with van der Waals surface area (Å²) in [7, 11) is -1.88. The molecule has 3 rings (SSSR count). The van der Waals surface area contributed by atoms with Crippen molar-refractivity contribution in [2.24, 2.45) is 0 Å². The average Bonchev–Trinajstić information content (AvgIpc) is 3.08. The molecule has 0 N–H and O–H groups in total. The monoisotopic (exact) mass is 365 g/mol. The summed E-state index contributed by atoms with van der Waals surface area (Å²) in [5, 5.41) is 0.474. The van der Waals surface area contributed by atoms with Crippen molar-refractivity contribution >= 4 is 21.6 Å². The molecule has 0 saturated carbocycles. The smallest absolute Gasteiger partial charge is 0.243 e. The largest absolute Gasteiger partial charge is 0.497 e. The summed E-state index contributed by atoms with van der Waals surface area (Å²) in [4.78, 5) is 0.258. The van der Waals surface area contributed by atoms with Gasteiger partial charge in [-0.05, 0) is 54.7 Å². The zero-order valence-electron chi connectivity index (χ0n) is 13.7. The molecular weight excluding hydrogens is 346 g/mol. The van der Waals surface area contributed by atoms with E-state index in [1.54, 1.807) is 23.5 Å². The summed E-state index contributed by atoms with van der Waals surface area (Å²) in [6.45, 7) is 2.86. The van der Waals surface area contributed by atoms with Gasteiger partial charge in [0.1, 0.15) is 5.75 Å². The molecule has 1 aliphatic rings. The van der Waals surface area contributed by atoms with Crippen LogP contribution in [0.1, 0.15) is 23.5 Å². The fourth-order valence-electron chi connectivity index (χ4n) is 2.98. The van der Waals surface area contributed by atoms with E-state index in [0.717, 1.165) is 23.3 Å². The van der Waals surface area contributed by atoms with Crippen molar-refractivity contribution in [3.05, 3.63) is 58.6 Å². The van der Waals surface area contributed by atoms with Gasteiger partial charge in [-0.3, -0.25) is 0 Å². The van der Waals surface area contributed by atoms with Crippen LogP contribution in [-0.2, 0) is 10.0 Å². The van der Waals surface area contributed by atoms with Crippen molar-refractivity contribution in [3.63, 3.8) is 0 Å². The number of aryl methyl sites for hydroxylation is 1. The van der Waals surface area contributed by atoms with Crippen molar-refractivity contribution < 1.29 is 13.2 Å². The predicted molar refractivity (Wildman–Crippen MR) is 95.3 cm³/mol. The van der Waals surface area contributed by atoms with Crippen LogP contribution in [0.4, 0.5) is 0 Å². The van der Waals surface area contributed by atoms with Crippen LogP contribution in [0.2, 0.25) is 5.02 Å². The molecular formula is C18H20ClNO3S. The highest BCUT2D eigenvalue weighted by molar-refractivity contribution is 7.89. The molecule has 2 aromatic carbocycles. The zero-order chi connectivity index (χ0) is 17.3. The topological polar surface area (TPSA) is 46.6 Å². The van der Waals surface area contributed by atoms with Gasteiger partial charge in [0, 0.05) is 18.1 Å². The van der Waals surface area contributed by atoms with Crippen molar-refractivity contribution in [2.75, 3.05) is 20.2 Å². The molecule has 128 valence electrons. The van der Waals surface area contributed by atoms with E-state index in [2.05, 4.69) is 0 Å². The minimum absolute atomic E-state index is 0.201. The molecule has 0 radical (unpaired) electrons. The van der Waals surface area contributed by atoms with Crippen molar-refractivity contribution in [1.29, 1.82) is 0 Å².